The van der Waals surface area contributed by atoms with E-state index in [1.807, 2.05) is 31.2 Å². The van der Waals surface area contributed by atoms with Crippen LogP contribution >= 0.6 is 0 Å². The third kappa shape index (κ3) is 1.03. The summed E-state index contributed by atoms with van der Waals surface area (Å²) in [6, 6.07) is 7.87. The molecular weight excluding hydrogens is 188 g/mol. The van der Waals surface area contributed by atoms with Crippen molar-refractivity contribution in [1.82, 2.24) is 9.97 Å². The predicted molar refractivity (Wildman–Crippen MR) is 61.2 cm³/mol. The molecule has 0 aliphatic carbocycles. The summed E-state index contributed by atoms with van der Waals surface area (Å²) in [5.74, 6) is 0. The Bertz CT molecular complexity index is 706. The second-order valence-electron chi connectivity index (χ2n) is 3.72. The summed E-state index contributed by atoms with van der Waals surface area (Å²) >= 11 is 0. The van der Waals surface area contributed by atoms with E-state index >= 15 is 0 Å². The molecule has 0 saturated carbocycles. The van der Waals surface area contributed by atoms with Gasteiger partial charge in [-0.1, -0.05) is 12.1 Å². The number of hydrogen-bond donors (Lipinski definition) is 2. The molecule has 0 saturated heterocycles. The average Bonchev–Trinajstić information content (AvgIpc) is 2.66. The minimum absolute atomic E-state index is 0.0619. The Hall–Kier alpha value is -2.03. The van der Waals surface area contributed by atoms with E-state index in [2.05, 4.69) is 9.97 Å². The summed E-state index contributed by atoms with van der Waals surface area (Å²) in [5.41, 5.74) is 2.66. The monoisotopic (exact) mass is 198 g/mol. The van der Waals surface area contributed by atoms with Crippen LogP contribution in [-0.4, -0.2) is 9.97 Å². The van der Waals surface area contributed by atoms with Crippen LogP contribution in [0.4, 0.5) is 0 Å². The molecule has 3 rings (SSSR count). The quantitative estimate of drug-likeness (QED) is 0.572. The molecule has 0 fully saturated rings. The molecule has 74 valence electrons. The fourth-order valence-electron chi connectivity index (χ4n) is 2.08. The highest BCUT2D eigenvalue weighted by Crippen LogP contribution is 2.23. The second kappa shape index (κ2) is 2.73. The minimum Gasteiger partial charge on any atom is -0.357 e. The highest BCUT2D eigenvalue weighted by molar-refractivity contribution is 6.05. The first kappa shape index (κ1) is 8.29. The van der Waals surface area contributed by atoms with Crippen molar-refractivity contribution in [3.63, 3.8) is 0 Å². The van der Waals surface area contributed by atoms with Gasteiger partial charge in [0, 0.05) is 22.5 Å². The van der Waals surface area contributed by atoms with Crippen LogP contribution in [0.3, 0.4) is 0 Å². The van der Waals surface area contributed by atoms with E-state index < -0.39 is 0 Å². The van der Waals surface area contributed by atoms with Crippen molar-refractivity contribution in [2.45, 2.75) is 6.92 Å². The molecular formula is C12H10N2O. The Labute approximate surface area is 85.8 Å². The zero-order chi connectivity index (χ0) is 10.4. The molecule has 0 unspecified atom stereocenters. The van der Waals surface area contributed by atoms with E-state index in [9.17, 15) is 4.79 Å². The van der Waals surface area contributed by atoms with Gasteiger partial charge in [0.05, 0.1) is 0 Å². The molecule has 2 aromatic heterocycles. The van der Waals surface area contributed by atoms with Crippen LogP contribution in [0.1, 0.15) is 5.56 Å². The molecule has 0 spiro atoms. The number of nitrogens with one attached hydrogen (secondary N) is 2. The number of aromatic amines is 2. The van der Waals surface area contributed by atoms with E-state index in [0.717, 1.165) is 16.3 Å². The van der Waals surface area contributed by atoms with Gasteiger partial charge in [0.15, 0.2) is 0 Å². The maximum atomic E-state index is 11.7. The average molecular weight is 198 g/mol. The van der Waals surface area contributed by atoms with Gasteiger partial charge in [0.2, 0.25) is 0 Å². The van der Waals surface area contributed by atoms with Gasteiger partial charge >= 0.3 is 0 Å². The molecule has 0 radical (unpaired) electrons. The van der Waals surface area contributed by atoms with E-state index in [1.54, 1.807) is 6.20 Å². The van der Waals surface area contributed by atoms with Gasteiger partial charge < -0.3 is 9.97 Å². The van der Waals surface area contributed by atoms with Gasteiger partial charge in [0.1, 0.15) is 5.52 Å². The number of hydrogen-bond acceptors (Lipinski definition) is 1. The zero-order valence-electron chi connectivity index (χ0n) is 8.29. The second-order valence-corrected chi connectivity index (χ2v) is 3.72. The standard InChI is InChI=1S/C12H10N2O/c1-7-3-2-4-9-10(7)8-5-6-13-11(8)12(15)14-9/h2-6,13H,1H3,(H,14,15). The fraction of sp³-hybridized carbons (Fsp3) is 0.0833. The topological polar surface area (TPSA) is 48.6 Å². The number of aromatic nitrogens is 2. The zero-order valence-corrected chi connectivity index (χ0v) is 8.29. The van der Waals surface area contributed by atoms with Crippen molar-refractivity contribution in [1.29, 1.82) is 0 Å². The summed E-state index contributed by atoms with van der Waals surface area (Å²) in [4.78, 5) is 17.5. The molecule has 0 aliphatic rings. The lowest BCUT2D eigenvalue weighted by Crippen LogP contribution is -2.06. The van der Waals surface area contributed by atoms with E-state index in [1.165, 1.54) is 5.56 Å². The third-order valence-corrected chi connectivity index (χ3v) is 2.76. The number of benzene rings is 1. The van der Waals surface area contributed by atoms with Crippen molar-refractivity contribution in [3.05, 3.63) is 46.4 Å². The summed E-state index contributed by atoms with van der Waals surface area (Å²) in [5, 5.41) is 2.11. The van der Waals surface area contributed by atoms with Gasteiger partial charge in [-0.05, 0) is 24.6 Å². The molecule has 0 aliphatic heterocycles. The summed E-state index contributed by atoms with van der Waals surface area (Å²) in [6.07, 6.45) is 1.80. The first-order chi connectivity index (χ1) is 7.27. The molecule has 3 aromatic rings. The summed E-state index contributed by atoms with van der Waals surface area (Å²) in [7, 11) is 0. The number of H-pyrrole nitrogens is 2. The molecule has 15 heavy (non-hydrogen) atoms. The number of pyridine rings is 1. The molecule has 3 heteroatoms. The lowest BCUT2D eigenvalue weighted by Gasteiger charge is -2.02. The highest BCUT2D eigenvalue weighted by Gasteiger charge is 2.06. The number of rotatable bonds is 0. The van der Waals surface area contributed by atoms with E-state index in [0.29, 0.717) is 5.52 Å². The Kier molecular flexibility index (Phi) is 1.51. The lowest BCUT2D eigenvalue weighted by molar-refractivity contribution is 1.30. The van der Waals surface area contributed by atoms with Crippen molar-refractivity contribution < 1.29 is 0 Å². The highest BCUT2D eigenvalue weighted by atomic mass is 16.1. The molecule has 0 atom stereocenters. The largest absolute Gasteiger partial charge is 0.357 e. The van der Waals surface area contributed by atoms with Crippen LogP contribution in [0.15, 0.2) is 35.3 Å². The molecule has 0 amide bonds. The normalized spacial score (nSPS) is 11.3. The van der Waals surface area contributed by atoms with Crippen LogP contribution in [0.5, 0.6) is 0 Å². The van der Waals surface area contributed by atoms with Gasteiger partial charge in [0.25, 0.3) is 5.56 Å². The molecule has 3 nitrogen and oxygen atoms in total. The van der Waals surface area contributed by atoms with Gasteiger partial charge in [-0.2, -0.15) is 0 Å². The number of aryl methyl sites for hydroxylation is 1. The SMILES string of the molecule is Cc1cccc2[nH]c(=O)c3[nH]ccc3c12. The van der Waals surface area contributed by atoms with E-state index in [-0.39, 0.29) is 5.56 Å². The molecule has 0 bridgehead atoms. The first-order valence-corrected chi connectivity index (χ1v) is 4.86. The molecule has 2 N–H and O–H groups in total. The first-order valence-electron chi connectivity index (χ1n) is 4.86. The predicted octanol–water partition coefficient (Wildman–Crippen LogP) is 2.32. The smallest absolute Gasteiger partial charge is 0.272 e. The van der Waals surface area contributed by atoms with Gasteiger partial charge in [-0.25, -0.2) is 0 Å². The van der Waals surface area contributed by atoms with E-state index in [4.69, 9.17) is 0 Å². The third-order valence-electron chi connectivity index (χ3n) is 2.76. The van der Waals surface area contributed by atoms with Crippen molar-refractivity contribution in [2.24, 2.45) is 0 Å². The van der Waals surface area contributed by atoms with Crippen LogP contribution < -0.4 is 5.56 Å². The Morgan fingerprint density at radius 2 is 2.07 bits per heavy atom. The molecule has 2 heterocycles. The molecule has 1 aromatic carbocycles. The van der Waals surface area contributed by atoms with Crippen LogP contribution in [0.2, 0.25) is 0 Å². The fourth-order valence-corrected chi connectivity index (χ4v) is 2.08. The lowest BCUT2D eigenvalue weighted by atomic mass is 10.1. The van der Waals surface area contributed by atoms with Crippen LogP contribution in [0.25, 0.3) is 21.8 Å². The van der Waals surface area contributed by atoms with Crippen molar-refractivity contribution in [3.8, 4) is 0 Å². The van der Waals surface area contributed by atoms with Crippen molar-refractivity contribution in [2.75, 3.05) is 0 Å². The summed E-state index contributed by atoms with van der Waals surface area (Å²) < 4.78 is 0. The number of fused-ring (bicyclic) bond motifs is 3. The minimum atomic E-state index is -0.0619. The Morgan fingerprint density at radius 3 is 2.93 bits per heavy atom. The van der Waals surface area contributed by atoms with Gasteiger partial charge in [-0.15, -0.1) is 0 Å². The van der Waals surface area contributed by atoms with Crippen LogP contribution in [0, 0.1) is 6.92 Å². The van der Waals surface area contributed by atoms with Gasteiger partial charge in [-0.3, -0.25) is 4.79 Å². The van der Waals surface area contributed by atoms with Crippen molar-refractivity contribution >= 4 is 21.8 Å². The van der Waals surface area contributed by atoms with Crippen LogP contribution in [-0.2, 0) is 0 Å². The maximum absolute atomic E-state index is 11.7. The summed E-state index contributed by atoms with van der Waals surface area (Å²) in [6.45, 7) is 2.05. The maximum Gasteiger partial charge on any atom is 0.272 e. The Morgan fingerprint density at radius 1 is 1.20 bits per heavy atom. The Balaban J connectivity index is 2.74.